The molecule has 0 heterocycles. The average molecular weight is 1500 g/mol. The fraction of sp³-hybridized carbons (Fsp3) is 0.452. The van der Waals surface area contributed by atoms with E-state index in [4.69, 9.17) is 10.5 Å². The molecule has 0 saturated carbocycles. The van der Waals surface area contributed by atoms with Gasteiger partial charge in [-0.2, -0.15) is 0 Å². The summed E-state index contributed by atoms with van der Waals surface area (Å²) in [5.74, 6) is -9.64. The largest absolute Gasteiger partial charge is 0.464 e. The van der Waals surface area contributed by atoms with E-state index in [1.54, 1.807) is 86.6 Å². The van der Waals surface area contributed by atoms with E-state index < -0.39 is 152 Å². The average Bonchev–Trinajstić information content (AvgIpc) is 0.760. The normalized spacial score (nSPS) is 14.5. The molecule has 582 valence electrons. The summed E-state index contributed by atoms with van der Waals surface area (Å²) >= 11 is 0. The van der Waals surface area contributed by atoms with Crippen molar-refractivity contribution in [3.63, 3.8) is 0 Å². The van der Waals surface area contributed by atoms with Crippen molar-refractivity contribution in [1.29, 1.82) is 0 Å². The van der Waals surface area contributed by atoms with E-state index in [1.807, 2.05) is 123 Å². The van der Waals surface area contributed by atoms with Crippen LogP contribution in [-0.4, -0.2) is 145 Å². The third-order valence-corrected chi connectivity index (χ3v) is 20.5. The van der Waals surface area contributed by atoms with E-state index in [9.17, 15) is 34.2 Å². The number of benzene rings is 6. The van der Waals surface area contributed by atoms with E-state index in [1.165, 1.54) is 20.8 Å². The van der Waals surface area contributed by atoms with Crippen LogP contribution in [0.3, 0.4) is 0 Å². The zero-order valence-electron chi connectivity index (χ0n) is 64.4. The van der Waals surface area contributed by atoms with Crippen LogP contribution in [0.4, 0.5) is 0 Å². The Balaban J connectivity index is 1.41. The Morgan fingerprint density at radius 3 is 1.07 bits per heavy atom. The Labute approximate surface area is 637 Å². The number of ether oxygens (including phenoxy) is 1. The van der Waals surface area contributed by atoms with Crippen molar-refractivity contribution < 1.29 is 62.9 Å². The number of hydrogen-bond acceptors (Lipinski definition) is 14. The quantitative estimate of drug-likeness (QED) is 0.00743. The maximum atomic E-state index is 15.7. The van der Waals surface area contributed by atoms with Crippen LogP contribution in [0.1, 0.15) is 159 Å². The second-order valence-corrected chi connectivity index (χ2v) is 35.6. The van der Waals surface area contributed by atoms with Crippen molar-refractivity contribution in [3.8, 4) is 0 Å². The number of carbonyl (C=O) groups is 10. The zero-order valence-corrected chi connectivity index (χ0v) is 65.4. The molecule has 6 aromatic carbocycles. The van der Waals surface area contributed by atoms with Crippen LogP contribution in [0.2, 0.25) is 25.7 Å². The summed E-state index contributed by atoms with van der Waals surface area (Å²) in [7, 11) is -1.61. The second kappa shape index (κ2) is 42.6. The van der Waals surface area contributed by atoms with Gasteiger partial charge in [-0.3, -0.25) is 43.2 Å². The summed E-state index contributed by atoms with van der Waals surface area (Å²) in [6.45, 7) is 19.8. The summed E-state index contributed by atoms with van der Waals surface area (Å²) < 4.78 is 5.74. The van der Waals surface area contributed by atoms with E-state index in [0.29, 0.717) is 52.3 Å². The topological polar surface area (TPSA) is 355 Å². The molecule has 0 aliphatic rings. The van der Waals surface area contributed by atoms with Crippen molar-refractivity contribution >= 4 is 67.2 Å². The first-order valence-electron chi connectivity index (χ1n) is 37.8. The Morgan fingerprint density at radius 1 is 0.398 bits per heavy atom. The lowest BCUT2D eigenvalue weighted by Crippen LogP contribution is -2.62. The molecule has 24 heteroatoms. The lowest BCUT2D eigenvalue weighted by molar-refractivity contribution is -0.148. The smallest absolute Gasteiger partial charge is 0.328 e. The number of amides is 9. The predicted molar refractivity (Wildman–Crippen MR) is 420 cm³/mol. The van der Waals surface area contributed by atoms with Gasteiger partial charge in [0.2, 0.25) is 53.2 Å². The van der Waals surface area contributed by atoms with Gasteiger partial charge in [-0.05, 0) is 91.3 Å². The molecule has 108 heavy (non-hydrogen) atoms. The first kappa shape index (κ1) is 87.0. The van der Waals surface area contributed by atoms with Gasteiger partial charge in [0.15, 0.2) is 0 Å². The van der Waals surface area contributed by atoms with Crippen molar-refractivity contribution in [3.05, 3.63) is 215 Å². The van der Waals surface area contributed by atoms with Crippen LogP contribution in [-0.2, 0) is 63.8 Å². The SMILES string of the molecule is CCCCCCCC[C@@H](NC(=O)[C@@H](CC(C)C)NC(=O)[C@@H](NC(=O)[C@@H](CC(C)C)NC(=O)[C@@H](CC(=O)NC(c1ccccc1)(c1ccccc1)c1ccccc1)NC(=O)[C@H](CC(=O)NC(c1ccccc1)(c1ccccc1)c1ccccc1)NC(=O)[C@H](C)NC(=O)[C@@H](N)[C@@H](C)O)[C@@H](C)O)C(=O)OCC[Si](C)(C)C. The fourth-order valence-corrected chi connectivity index (χ4v) is 13.6. The molecule has 6 aromatic rings. The van der Waals surface area contributed by atoms with Gasteiger partial charge < -0.3 is 68.5 Å². The summed E-state index contributed by atoms with van der Waals surface area (Å²) in [5.41, 5.74) is 6.68. The number of esters is 1. The molecule has 9 amide bonds. The molecule has 0 aromatic heterocycles. The molecule has 0 bridgehead atoms. The van der Waals surface area contributed by atoms with Gasteiger partial charge in [0.25, 0.3) is 0 Å². The van der Waals surface area contributed by atoms with E-state index in [-0.39, 0.29) is 31.3 Å². The first-order chi connectivity index (χ1) is 51.4. The molecular weight excluding hydrogens is 1390 g/mol. The monoisotopic (exact) mass is 1500 g/mol. The lowest BCUT2D eigenvalue weighted by atomic mass is 9.77. The van der Waals surface area contributed by atoms with Gasteiger partial charge in [0.1, 0.15) is 59.4 Å². The molecular formula is C84H114N10O13Si. The van der Waals surface area contributed by atoms with Crippen molar-refractivity contribution in [2.45, 2.75) is 223 Å². The molecule has 10 atom stereocenters. The number of aliphatic hydroxyl groups is 2. The third-order valence-electron chi connectivity index (χ3n) is 18.8. The van der Waals surface area contributed by atoms with E-state index in [0.717, 1.165) is 32.1 Å². The molecule has 0 radical (unpaired) electrons. The number of nitrogens with two attached hydrogens (primary N) is 1. The Kier molecular flexibility index (Phi) is 34.3. The number of hydrogen-bond donors (Lipinski definition) is 12. The molecule has 13 N–H and O–H groups in total. The summed E-state index contributed by atoms with van der Waals surface area (Å²) in [5, 5.41) is 46.6. The fourth-order valence-electron chi connectivity index (χ4n) is 12.8. The van der Waals surface area contributed by atoms with E-state index in [2.05, 4.69) is 74.4 Å². The lowest BCUT2D eigenvalue weighted by Gasteiger charge is -2.37. The summed E-state index contributed by atoms with van der Waals surface area (Å²) in [6, 6.07) is 42.7. The molecule has 23 nitrogen and oxygen atoms in total. The highest BCUT2D eigenvalue weighted by Crippen LogP contribution is 2.39. The third kappa shape index (κ3) is 25.9. The van der Waals surface area contributed by atoms with Gasteiger partial charge in [-0.25, -0.2) is 4.79 Å². The van der Waals surface area contributed by atoms with Gasteiger partial charge in [0.05, 0.1) is 31.7 Å². The molecule has 0 fully saturated rings. The van der Waals surface area contributed by atoms with Gasteiger partial charge in [-0.1, -0.05) is 275 Å². The molecule has 0 aliphatic heterocycles. The number of carbonyl (C=O) groups excluding carboxylic acids is 10. The first-order valence-corrected chi connectivity index (χ1v) is 41.5. The van der Waals surface area contributed by atoms with Crippen LogP contribution in [0.5, 0.6) is 0 Å². The van der Waals surface area contributed by atoms with Crippen molar-refractivity contribution in [1.82, 2.24) is 47.9 Å². The van der Waals surface area contributed by atoms with Gasteiger partial charge in [-0.15, -0.1) is 0 Å². The van der Waals surface area contributed by atoms with Gasteiger partial charge >= 0.3 is 5.97 Å². The summed E-state index contributed by atoms with van der Waals surface area (Å²) in [4.78, 5) is 148. The molecule has 0 aliphatic carbocycles. The minimum absolute atomic E-state index is 0.0850. The number of aliphatic hydroxyl groups excluding tert-OH is 2. The molecule has 6 rings (SSSR count). The molecule has 0 spiro atoms. The maximum absolute atomic E-state index is 15.7. The van der Waals surface area contributed by atoms with Crippen LogP contribution in [0, 0.1) is 11.8 Å². The van der Waals surface area contributed by atoms with E-state index >= 15 is 24.0 Å². The highest BCUT2D eigenvalue weighted by Gasteiger charge is 2.43. The minimum atomic E-state index is -1.96. The van der Waals surface area contributed by atoms with Gasteiger partial charge in [0, 0.05) is 8.07 Å². The zero-order chi connectivity index (χ0) is 79.1. The standard InChI is InChI=1S/C84H114N10O13Si/c1-12-13-14-15-16-35-48-66(82(106)107-49-50-108(9,10)11)87-76(100)67(51-55(2)3)91-81(105)74(59(8)96)92-79(103)68(52-56(4)5)89-78(102)70(54-72(98)94-84(63-42-29-20-30-43-63,64-44-31-21-32-45-64)65-46-33-22-34-47-65)90-77(101)69(88-75(99)57(6)86-80(104)73(85)58(7)95)53-71(97)93-83(60-36-23-17-24-37-60,61-38-25-18-26-39-61)62-40-27-19-28-41-62/h17-34,36-47,55-59,66-70,73-74,95-96H,12-16,35,48-54,85H2,1-11H3,(H,86,104)(H,87,100)(H,88,99)(H,89,102)(H,90,101)(H,91,105)(H,92,103)(H,93,97)(H,94,98)/t57-,58+,59+,66+,67+,68+,69-,70+,73-,74-/m0/s1. The second-order valence-electron chi connectivity index (χ2n) is 30.0. The van der Waals surface area contributed by atoms with Crippen LogP contribution < -0.4 is 53.6 Å². The van der Waals surface area contributed by atoms with Crippen LogP contribution in [0.25, 0.3) is 0 Å². The summed E-state index contributed by atoms with van der Waals surface area (Å²) in [6.07, 6.45) is 1.17. The highest BCUT2D eigenvalue weighted by atomic mass is 28.3. The van der Waals surface area contributed by atoms with Crippen molar-refractivity contribution in [2.75, 3.05) is 6.61 Å². The number of unbranched alkanes of at least 4 members (excludes halogenated alkanes) is 5. The predicted octanol–water partition coefficient (Wildman–Crippen LogP) is 8.21. The number of rotatable bonds is 43. The number of nitrogens with one attached hydrogen (secondary N) is 9. The van der Waals surface area contributed by atoms with Crippen LogP contribution >= 0.6 is 0 Å². The Bertz CT molecular complexity index is 3660. The van der Waals surface area contributed by atoms with Crippen molar-refractivity contribution in [2.24, 2.45) is 17.6 Å². The Morgan fingerprint density at radius 2 is 0.722 bits per heavy atom. The Hall–Kier alpha value is -9.88. The highest BCUT2D eigenvalue weighted by molar-refractivity contribution is 6.76. The molecule has 0 saturated heterocycles. The van der Waals surface area contributed by atoms with Crippen LogP contribution in [0.15, 0.2) is 182 Å². The molecule has 0 unspecified atom stereocenters. The minimum Gasteiger partial charge on any atom is -0.464 e. The maximum Gasteiger partial charge on any atom is 0.328 e.